The van der Waals surface area contributed by atoms with E-state index in [2.05, 4.69) is 51.9 Å². The van der Waals surface area contributed by atoms with Crippen molar-refractivity contribution in [1.29, 1.82) is 0 Å². The molecule has 1 N–H and O–H groups in total. The van der Waals surface area contributed by atoms with Gasteiger partial charge in [0, 0.05) is 54.4 Å². The molecule has 2 fully saturated rings. The lowest BCUT2D eigenvalue weighted by Crippen LogP contribution is -2.50. The van der Waals surface area contributed by atoms with Crippen LogP contribution in [0.25, 0.3) is 0 Å². The molecule has 2 aromatic rings. The van der Waals surface area contributed by atoms with Crippen molar-refractivity contribution in [2.75, 3.05) is 39.1 Å². The van der Waals surface area contributed by atoms with Crippen LogP contribution in [0.1, 0.15) is 63.1 Å². The van der Waals surface area contributed by atoms with Gasteiger partial charge in [-0.1, -0.05) is 24.3 Å². The van der Waals surface area contributed by atoms with Crippen molar-refractivity contribution in [3.63, 3.8) is 0 Å². The number of hydrogen-bond acceptors (Lipinski definition) is 7. The lowest BCUT2D eigenvalue weighted by Gasteiger charge is -2.41. The highest BCUT2D eigenvalue weighted by molar-refractivity contribution is 14.1. The number of nitrogens with one attached hydrogen (secondary N) is 1. The van der Waals surface area contributed by atoms with E-state index in [0.29, 0.717) is 19.8 Å². The number of piperidine rings is 1. The number of benzene rings is 2. The molecule has 0 aliphatic carbocycles. The van der Waals surface area contributed by atoms with Gasteiger partial charge in [-0.2, -0.15) is 0 Å². The van der Waals surface area contributed by atoms with Crippen LogP contribution in [-0.2, 0) is 30.5 Å². The number of carbonyl (C=O) groups is 2. The molecule has 2 unspecified atom stereocenters. The average Bonchev–Trinajstić information content (AvgIpc) is 2.98. The number of ether oxygens (including phenoxy) is 2. The Hall–Kier alpha value is -2.22. The minimum Gasteiger partial charge on any atom is -0.446 e. The van der Waals surface area contributed by atoms with E-state index < -0.39 is 9.84 Å². The molecule has 0 spiro atoms. The van der Waals surface area contributed by atoms with Crippen molar-refractivity contribution in [2.45, 2.75) is 81.5 Å². The quantitative estimate of drug-likeness (QED) is 0.327. The van der Waals surface area contributed by atoms with E-state index in [1.54, 1.807) is 24.3 Å². The van der Waals surface area contributed by atoms with Crippen LogP contribution in [0.4, 0.5) is 4.79 Å². The van der Waals surface area contributed by atoms with Gasteiger partial charge in [0.25, 0.3) is 0 Å². The Morgan fingerprint density at radius 1 is 1.09 bits per heavy atom. The minimum atomic E-state index is -3.27. The first-order valence-corrected chi connectivity index (χ1v) is 18.1. The van der Waals surface area contributed by atoms with Gasteiger partial charge >= 0.3 is 6.09 Å². The Morgan fingerprint density at radius 2 is 1.77 bits per heavy atom. The summed E-state index contributed by atoms with van der Waals surface area (Å²) in [7, 11) is -3.27. The van der Waals surface area contributed by atoms with Crippen LogP contribution in [0.5, 0.6) is 0 Å². The molecule has 2 heterocycles. The number of hydrogen-bond donors (Lipinski definition) is 1. The number of likely N-dealkylation sites (tertiary alicyclic amines) is 1. The first-order valence-electron chi connectivity index (χ1n) is 15.2. The molecule has 0 aromatic heterocycles. The molecule has 11 heteroatoms. The summed E-state index contributed by atoms with van der Waals surface area (Å²) in [5.74, 6) is 0.0621. The highest BCUT2D eigenvalue weighted by Crippen LogP contribution is 2.26. The van der Waals surface area contributed by atoms with Gasteiger partial charge < -0.3 is 24.6 Å². The summed E-state index contributed by atoms with van der Waals surface area (Å²) in [6, 6.07) is 15.0. The molecular weight excluding hydrogens is 677 g/mol. The van der Waals surface area contributed by atoms with Gasteiger partial charge in [0.15, 0.2) is 9.84 Å². The summed E-state index contributed by atoms with van der Waals surface area (Å²) in [5.41, 5.74) is 1.87. The van der Waals surface area contributed by atoms with Crippen molar-refractivity contribution in [3.05, 3.63) is 63.2 Å². The predicted molar refractivity (Wildman–Crippen MR) is 175 cm³/mol. The molecule has 2 saturated heterocycles. The third kappa shape index (κ3) is 9.89. The van der Waals surface area contributed by atoms with Crippen molar-refractivity contribution >= 4 is 44.4 Å². The van der Waals surface area contributed by atoms with E-state index in [1.165, 1.54) is 6.26 Å². The summed E-state index contributed by atoms with van der Waals surface area (Å²) in [5, 5.41) is 3.15. The molecule has 43 heavy (non-hydrogen) atoms. The maximum atomic E-state index is 13.2. The molecule has 0 saturated carbocycles. The minimum absolute atomic E-state index is 0.0621. The first-order chi connectivity index (χ1) is 20.5. The zero-order valence-electron chi connectivity index (χ0n) is 25.3. The fourth-order valence-corrected chi connectivity index (χ4v) is 7.22. The Bertz CT molecular complexity index is 1320. The zero-order valence-corrected chi connectivity index (χ0v) is 28.3. The molecule has 2 amide bonds. The second-order valence-corrected chi connectivity index (χ2v) is 14.9. The number of sulfone groups is 1. The molecular formula is C32H44IN3O6S. The number of nitrogens with zero attached hydrogens (tertiary/aromatic N) is 2. The van der Waals surface area contributed by atoms with E-state index >= 15 is 0 Å². The van der Waals surface area contributed by atoms with E-state index in [0.717, 1.165) is 59.9 Å². The van der Waals surface area contributed by atoms with Crippen LogP contribution in [-0.4, -0.2) is 87.5 Å². The van der Waals surface area contributed by atoms with Crippen LogP contribution in [0.15, 0.2) is 53.4 Å². The maximum Gasteiger partial charge on any atom is 0.407 e. The summed E-state index contributed by atoms with van der Waals surface area (Å²) in [6.07, 6.45) is 4.88. The van der Waals surface area contributed by atoms with Crippen LogP contribution >= 0.6 is 22.6 Å². The number of halogens is 1. The van der Waals surface area contributed by atoms with Gasteiger partial charge in [0.05, 0.1) is 30.6 Å². The molecule has 2 atom stereocenters. The first kappa shape index (κ1) is 33.7. The fourth-order valence-electron chi connectivity index (χ4n) is 6.02. The van der Waals surface area contributed by atoms with Crippen LogP contribution < -0.4 is 5.32 Å². The second-order valence-electron chi connectivity index (χ2n) is 11.6. The summed E-state index contributed by atoms with van der Waals surface area (Å²) < 4.78 is 35.8. The molecule has 236 valence electrons. The standard InChI is InChI=1S/C32H44IN3O6S/c1-4-36(31(37)21-24-8-10-29(11-9-24)43(3,39)40)27-12-16-35(17-13-27)23(2)20-30(25-6-5-7-26(33)22-25)34-32(38)42-28-14-18-41-19-15-28/h5-11,22-23,27-28,30H,4,12-21H2,1-3H3,(H,34,38)/i33-4. The second kappa shape index (κ2) is 15.7. The van der Waals surface area contributed by atoms with Crippen LogP contribution in [0.2, 0.25) is 0 Å². The normalized spacial score (nSPS) is 18.5. The lowest BCUT2D eigenvalue weighted by atomic mass is 9.96. The number of likely N-dealkylation sites (N-methyl/N-ethyl adjacent to an activating group) is 1. The van der Waals surface area contributed by atoms with E-state index in [9.17, 15) is 18.0 Å². The van der Waals surface area contributed by atoms with Gasteiger partial charge in [-0.15, -0.1) is 0 Å². The van der Waals surface area contributed by atoms with Gasteiger partial charge in [0.2, 0.25) is 5.91 Å². The number of amides is 2. The van der Waals surface area contributed by atoms with E-state index in [4.69, 9.17) is 9.47 Å². The highest BCUT2D eigenvalue weighted by atomic mass is 123. The summed E-state index contributed by atoms with van der Waals surface area (Å²) in [6.45, 7) is 7.81. The molecule has 2 aliphatic rings. The largest absolute Gasteiger partial charge is 0.446 e. The van der Waals surface area contributed by atoms with E-state index in [1.807, 2.05) is 24.0 Å². The maximum absolute atomic E-state index is 13.2. The smallest absolute Gasteiger partial charge is 0.407 e. The van der Waals surface area contributed by atoms with Crippen molar-refractivity contribution in [2.24, 2.45) is 0 Å². The Labute approximate surface area is 269 Å². The lowest BCUT2D eigenvalue weighted by molar-refractivity contribution is -0.133. The van der Waals surface area contributed by atoms with Gasteiger partial charge in [-0.25, -0.2) is 13.2 Å². The third-order valence-corrected chi connectivity index (χ3v) is 10.3. The van der Waals surface area contributed by atoms with Crippen LogP contribution in [0.3, 0.4) is 0 Å². The topological polar surface area (TPSA) is 105 Å². The number of alkyl carbamates (subject to hydrolysis) is 1. The molecule has 2 aliphatic heterocycles. The fraction of sp³-hybridized carbons (Fsp3) is 0.562. The average molecular weight is 722 g/mol. The molecule has 2 aromatic carbocycles. The van der Waals surface area contributed by atoms with E-state index in [-0.39, 0.29) is 47.5 Å². The SMILES string of the molecule is CCN(C(=O)Cc1ccc(S(C)(=O)=O)cc1)C1CCN(C(C)CC(NC(=O)OC2CCOCC2)c2cccc([123I])c2)CC1. The Balaban J connectivity index is 1.33. The van der Waals surface area contributed by atoms with Gasteiger partial charge in [0.1, 0.15) is 6.10 Å². The Kier molecular flexibility index (Phi) is 12.3. The predicted octanol–water partition coefficient (Wildman–Crippen LogP) is 4.98. The van der Waals surface area contributed by atoms with Gasteiger partial charge in [-0.3, -0.25) is 4.79 Å². The highest BCUT2D eigenvalue weighted by Gasteiger charge is 2.30. The molecule has 0 bridgehead atoms. The summed E-state index contributed by atoms with van der Waals surface area (Å²) >= 11 is 2.30. The van der Waals surface area contributed by atoms with Crippen molar-refractivity contribution < 1.29 is 27.5 Å². The van der Waals surface area contributed by atoms with Gasteiger partial charge in [-0.05, 0) is 91.1 Å². The van der Waals surface area contributed by atoms with Crippen LogP contribution in [0, 0.1) is 3.57 Å². The summed E-state index contributed by atoms with van der Waals surface area (Å²) in [4.78, 5) is 30.8. The molecule has 4 rings (SSSR count). The number of carbonyl (C=O) groups excluding carboxylic acids is 2. The van der Waals surface area contributed by atoms with Crippen molar-refractivity contribution in [3.8, 4) is 0 Å². The molecule has 0 radical (unpaired) electrons. The zero-order chi connectivity index (χ0) is 31.0. The molecule has 9 nitrogen and oxygen atoms in total. The number of rotatable bonds is 11. The monoisotopic (exact) mass is 721 g/mol. The third-order valence-electron chi connectivity index (χ3n) is 8.49. The van der Waals surface area contributed by atoms with Crippen molar-refractivity contribution in [1.82, 2.24) is 15.1 Å². The Morgan fingerprint density at radius 3 is 2.37 bits per heavy atom.